The topological polar surface area (TPSA) is 29.1 Å². The van der Waals surface area contributed by atoms with Crippen molar-refractivity contribution in [3.05, 3.63) is 12.7 Å². The summed E-state index contributed by atoms with van der Waals surface area (Å²) in [5.41, 5.74) is -0.636. The van der Waals surface area contributed by atoms with Gasteiger partial charge in [-0.15, -0.1) is 6.58 Å². The Morgan fingerprint density at radius 3 is 2.40 bits per heavy atom. The molecule has 0 radical (unpaired) electrons. The van der Waals surface area contributed by atoms with Crippen molar-refractivity contribution in [1.82, 2.24) is 5.32 Å². The molecule has 58 valence electrons. The maximum absolute atomic E-state index is 11.0. The Labute approximate surface area is 67.1 Å². The molecule has 0 saturated heterocycles. The van der Waals surface area contributed by atoms with E-state index >= 15 is 0 Å². The largest absolute Gasteiger partial charge is 0.304 e. The number of carbonyl (C=O) groups excluding carboxylic acids is 1. The fourth-order valence-electron chi connectivity index (χ4n) is 0.677. The highest BCUT2D eigenvalue weighted by molar-refractivity contribution is 7.80. The van der Waals surface area contributed by atoms with Crippen molar-refractivity contribution < 1.29 is 4.79 Å². The van der Waals surface area contributed by atoms with Crippen LogP contribution in [-0.2, 0) is 4.79 Å². The minimum Gasteiger partial charge on any atom is -0.304 e. The minimum atomic E-state index is -0.636. The molecule has 0 aromatic carbocycles. The molecule has 0 bridgehead atoms. The molecular weight excluding hydrogens is 146 g/mol. The quantitative estimate of drug-likeness (QED) is 0.466. The van der Waals surface area contributed by atoms with E-state index in [-0.39, 0.29) is 5.78 Å². The minimum absolute atomic E-state index is 0.0417. The summed E-state index contributed by atoms with van der Waals surface area (Å²) in [5.74, 6) is 0.488. The number of nitrogens with one attached hydrogen (secondary N) is 1. The van der Waals surface area contributed by atoms with E-state index in [1.807, 2.05) is 0 Å². The highest BCUT2D eigenvalue weighted by Gasteiger charge is 2.27. The van der Waals surface area contributed by atoms with E-state index in [2.05, 4.69) is 24.5 Å². The molecule has 0 aliphatic rings. The lowest BCUT2D eigenvalue weighted by Gasteiger charge is -2.24. The molecule has 10 heavy (non-hydrogen) atoms. The van der Waals surface area contributed by atoms with Gasteiger partial charge in [-0.25, -0.2) is 0 Å². The first kappa shape index (κ1) is 9.72. The van der Waals surface area contributed by atoms with Crippen LogP contribution in [0.15, 0.2) is 12.7 Å². The van der Waals surface area contributed by atoms with Crippen molar-refractivity contribution in [2.45, 2.75) is 12.5 Å². The van der Waals surface area contributed by atoms with Gasteiger partial charge in [-0.1, -0.05) is 6.08 Å². The summed E-state index contributed by atoms with van der Waals surface area (Å²) in [6.45, 7) is 5.09. The van der Waals surface area contributed by atoms with E-state index in [1.54, 1.807) is 13.1 Å². The third-order valence-electron chi connectivity index (χ3n) is 1.67. The fourth-order valence-corrected chi connectivity index (χ4v) is 1.19. The van der Waals surface area contributed by atoms with E-state index in [0.29, 0.717) is 5.75 Å². The molecule has 0 aliphatic carbocycles. The average Bonchev–Trinajstić information content (AvgIpc) is 1.92. The lowest BCUT2D eigenvalue weighted by molar-refractivity contribution is -0.120. The van der Waals surface area contributed by atoms with Gasteiger partial charge in [0, 0.05) is 5.75 Å². The lowest BCUT2D eigenvalue weighted by Crippen LogP contribution is -2.49. The summed E-state index contributed by atoms with van der Waals surface area (Å²) in [5, 5.41) is 2.87. The van der Waals surface area contributed by atoms with Crippen LogP contribution < -0.4 is 5.32 Å². The van der Waals surface area contributed by atoms with Gasteiger partial charge in [0.25, 0.3) is 0 Å². The van der Waals surface area contributed by atoms with Gasteiger partial charge < -0.3 is 5.32 Å². The Hall–Kier alpha value is -0.280. The highest BCUT2D eigenvalue weighted by atomic mass is 32.1. The third kappa shape index (κ3) is 1.61. The van der Waals surface area contributed by atoms with Crippen molar-refractivity contribution in [2.75, 3.05) is 12.8 Å². The van der Waals surface area contributed by atoms with Crippen molar-refractivity contribution >= 4 is 18.4 Å². The molecule has 0 spiro atoms. The van der Waals surface area contributed by atoms with Gasteiger partial charge >= 0.3 is 0 Å². The van der Waals surface area contributed by atoms with Gasteiger partial charge in [0.2, 0.25) is 0 Å². The Morgan fingerprint density at radius 1 is 1.90 bits per heavy atom. The zero-order valence-electron chi connectivity index (χ0n) is 6.35. The van der Waals surface area contributed by atoms with Crippen LogP contribution in [0.3, 0.4) is 0 Å². The second-order valence-corrected chi connectivity index (χ2v) is 2.46. The van der Waals surface area contributed by atoms with Crippen LogP contribution in [-0.4, -0.2) is 24.1 Å². The van der Waals surface area contributed by atoms with Crippen molar-refractivity contribution in [2.24, 2.45) is 0 Å². The Morgan fingerprint density at radius 2 is 2.40 bits per heavy atom. The number of carbonyl (C=O) groups is 1. The van der Waals surface area contributed by atoms with Gasteiger partial charge in [-0.3, -0.25) is 4.79 Å². The van der Waals surface area contributed by atoms with Crippen molar-refractivity contribution in [3.63, 3.8) is 0 Å². The molecular formula is C7H13NOS. The predicted octanol–water partition coefficient (Wildman–Crippen LogP) is 0.649. The summed E-state index contributed by atoms with van der Waals surface area (Å²) in [6.07, 6.45) is 1.59. The number of thiol groups is 1. The second-order valence-electron chi connectivity index (χ2n) is 2.14. The van der Waals surface area contributed by atoms with E-state index in [4.69, 9.17) is 0 Å². The van der Waals surface area contributed by atoms with E-state index in [9.17, 15) is 4.79 Å². The van der Waals surface area contributed by atoms with Crippen LogP contribution in [0.25, 0.3) is 0 Å². The van der Waals surface area contributed by atoms with E-state index in [0.717, 1.165) is 0 Å². The van der Waals surface area contributed by atoms with Crippen LogP contribution in [0.1, 0.15) is 6.92 Å². The summed E-state index contributed by atoms with van der Waals surface area (Å²) in [6, 6.07) is 0. The maximum Gasteiger partial charge on any atom is 0.154 e. The standard InChI is InChI=1S/C7H13NOS/c1-4-7(5-10,8-3)6(2)9/h4,8,10H,1,5H2,2-3H3/t7-/m1/s1. The Kier molecular flexibility index (Phi) is 3.68. The molecule has 2 nitrogen and oxygen atoms in total. The molecule has 1 N–H and O–H groups in total. The van der Waals surface area contributed by atoms with Crippen LogP contribution in [0.2, 0.25) is 0 Å². The molecule has 0 heterocycles. The normalized spacial score (nSPS) is 15.9. The van der Waals surface area contributed by atoms with Gasteiger partial charge in [0.15, 0.2) is 5.78 Å². The van der Waals surface area contributed by atoms with Gasteiger partial charge in [0.1, 0.15) is 5.54 Å². The number of ketones is 1. The summed E-state index contributed by atoms with van der Waals surface area (Å²) in [4.78, 5) is 11.0. The number of rotatable bonds is 4. The molecule has 0 saturated carbocycles. The first-order valence-corrected chi connectivity index (χ1v) is 3.70. The Balaban J connectivity index is 4.46. The van der Waals surface area contributed by atoms with Gasteiger partial charge in [-0.05, 0) is 14.0 Å². The van der Waals surface area contributed by atoms with E-state index < -0.39 is 5.54 Å². The SMILES string of the molecule is C=C[C@](CS)(NC)C(C)=O. The highest BCUT2D eigenvalue weighted by Crippen LogP contribution is 2.08. The lowest BCUT2D eigenvalue weighted by atomic mass is 9.98. The number of Topliss-reactive ketones (excluding diaryl/α,β-unsaturated/α-hetero) is 1. The molecule has 0 rings (SSSR count). The number of hydrogen-bond donors (Lipinski definition) is 2. The zero-order chi connectivity index (χ0) is 8.20. The first-order valence-electron chi connectivity index (χ1n) is 3.07. The van der Waals surface area contributed by atoms with Crippen molar-refractivity contribution in [3.8, 4) is 0 Å². The molecule has 0 aromatic heterocycles. The number of hydrogen-bond acceptors (Lipinski definition) is 3. The third-order valence-corrected chi connectivity index (χ3v) is 2.17. The summed E-state index contributed by atoms with van der Waals surface area (Å²) < 4.78 is 0. The molecule has 0 fully saturated rings. The fraction of sp³-hybridized carbons (Fsp3) is 0.571. The molecule has 0 unspecified atom stereocenters. The van der Waals surface area contributed by atoms with Crippen molar-refractivity contribution in [1.29, 1.82) is 0 Å². The predicted molar refractivity (Wildman–Crippen MR) is 46.5 cm³/mol. The summed E-state index contributed by atoms with van der Waals surface area (Å²) >= 11 is 4.05. The monoisotopic (exact) mass is 159 g/mol. The second kappa shape index (κ2) is 3.78. The molecule has 0 aliphatic heterocycles. The number of likely N-dealkylation sites (N-methyl/N-ethyl adjacent to an activating group) is 1. The van der Waals surface area contributed by atoms with Gasteiger partial charge in [-0.2, -0.15) is 12.6 Å². The maximum atomic E-state index is 11.0. The smallest absolute Gasteiger partial charge is 0.154 e. The Bertz CT molecular complexity index is 141. The molecule has 0 amide bonds. The molecule has 3 heteroatoms. The van der Waals surface area contributed by atoms with Crippen LogP contribution in [0, 0.1) is 0 Å². The first-order chi connectivity index (χ1) is 4.63. The zero-order valence-corrected chi connectivity index (χ0v) is 7.24. The van der Waals surface area contributed by atoms with Gasteiger partial charge in [0.05, 0.1) is 0 Å². The van der Waals surface area contributed by atoms with E-state index in [1.165, 1.54) is 6.92 Å². The molecule has 0 aromatic rings. The van der Waals surface area contributed by atoms with Crippen LogP contribution in [0.5, 0.6) is 0 Å². The summed E-state index contributed by atoms with van der Waals surface area (Å²) in [7, 11) is 1.72. The molecule has 1 atom stereocenters. The van der Waals surface area contributed by atoms with Crippen LogP contribution in [0.4, 0.5) is 0 Å². The average molecular weight is 159 g/mol. The van der Waals surface area contributed by atoms with Crippen LogP contribution >= 0.6 is 12.6 Å².